The first-order chi connectivity index (χ1) is 21.7. The Balaban J connectivity index is 0.00000480. The number of ether oxygens (including phenoxy) is 1. The molecule has 46 heavy (non-hydrogen) atoms. The lowest BCUT2D eigenvalue weighted by Gasteiger charge is -2.35. The molecule has 0 bridgehead atoms. The standard InChI is InChI=1S/C34H43N7O4.ClH/c1-40(2)15-4-16-45-31-14-11-26(21-37-31)25-6-3-5-23(17-25)18-30(32(36)42)41(33(43)24-9-7-22(20-35)8-10-24)27-12-13-28-29(19-27)39-34(44)38-28;/h3,5-6,11-14,17,19,21-22,24,30H,4,7-10,15-16,18,20,35H2,1-2H3,(H2,36,42)(H2,38,39,44);1H/t22?,24?,30-;/m0./s1. The maximum atomic E-state index is 14.2. The predicted octanol–water partition coefficient (Wildman–Crippen LogP) is 3.87. The first-order valence-electron chi connectivity index (χ1n) is 15.6. The van der Waals surface area contributed by atoms with Crippen molar-refractivity contribution in [3.8, 4) is 17.0 Å². The van der Waals surface area contributed by atoms with Crippen molar-refractivity contribution in [3.05, 3.63) is 76.8 Å². The minimum absolute atomic E-state index is 0. The normalized spacial score (nSPS) is 17.0. The summed E-state index contributed by atoms with van der Waals surface area (Å²) in [5, 5.41) is 0. The molecule has 0 radical (unpaired) electrons. The first-order valence-corrected chi connectivity index (χ1v) is 15.6. The Morgan fingerprint density at radius 3 is 2.43 bits per heavy atom. The molecule has 4 aromatic rings. The van der Waals surface area contributed by atoms with Gasteiger partial charge in [0, 0.05) is 42.4 Å². The lowest BCUT2D eigenvalue weighted by atomic mass is 9.81. The topological polar surface area (TPSA) is 163 Å². The number of aromatic amines is 2. The summed E-state index contributed by atoms with van der Waals surface area (Å²) in [7, 11) is 4.06. The fourth-order valence-corrected chi connectivity index (χ4v) is 6.09. The highest BCUT2D eigenvalue weighted by molar-refractivity contribution is 6.02. The van der Waals surface area contributed by atoms with Gasteiger partial charge in [0.15, 0.2) is 0 Å². The Morgan fingerprint density at radius 1 is 1.00 bits per heavy atom. The summed E-state index contributed by atoms with van der Waals surface area (Å²) >= 11 is 0. The van der Waals surface area contributed by atoms with Gasteiger partial charge in [0.05, 0.1) is 17.6 Å². The van der Waals surface area contributed by atoms with Crippen molar-refractivity contribution in [1.82, 2.24) is 19.9 Å². The third-order valence-corrected chi connectivity index (χ3v) is 8.61. The van der Waals surface area contributed by atoms with Crippen molar-refractivity contribution in [2.75, 3.05) is 38.7 Å². The highest BCUT2D eigenvalue weighted by Gasteiger charge is 2.36. The van der Waals surface area contributed by atoms with Crippen LogP contribution in [-0.2, 0) is 16.0 Å². The number of hydrogen-bond acceptors (Lipinski definition) is 7. The number of fused-ring (bicyclic) bond motifs is 1. The van der Waals surface area contributed by atoms with E-state index in [1.54, 1.807) is 24.4 Å². The van der Waals surface area contributed by atoms with Crippen LogP contribution in [0.4, 0.5) is 5.69 Å². The minimum Gasteiger partial charge on any atom is -0.478 e. The molecule has 2 aromatic heterocycles. The highest BCUT2D eigenvalue weighted by Crippen LogP contribution is 2.33. The second kappa shape index (κ2) is 15.9. The van der Waals surface area contributed by atoms with Crippen LogP contribution in [0.15, 0.2) is 65.6 Å². The monoisotopic (exact) mass is 649 g/mol. The molecular weight excluding hydrogens is 606 g/mol. The van der Waals surface area contributed by atoms with Crippen molar-refractivity contribution >= 4 is 40.9 Å². The number of rotatable bonds is 13. The van der Waals surface area contributed by atoms with E-state index in [1.807, 2.05) is 50.5 Å². The molecule has 0 unspecified atom stereocenters. The Hall–Kier alpha value is -4.19. The number of benzene rings is 2. The van der Waals surface area contributed by atoms with E-state index < -0.39 is 11.9 Å². The number of H-pyrrole nitrogens is 2. The van der Waals surface area contributed by atoms with Crippen LogP contribution in [0.3, 0.4) is 0 Å². The van der Waals surface area contributed by atoms with Gasteiger partial charge in [-0.1, -0.05) is 24.3 Å². The molecule has 0 spiro atoms. The number of primary amides is 1. The Bertz CT molecular complexity index is 1660. The molecule has 1 fully saturated rings. The number of aromatic nitrogens is 3. The third kappa shape index (κ3) is 8.54. The minimum atomic E-state index is -0.945. The lowest BCUT2D eigenvalue weighted by molar-refractivity contribution is -0.127. The zero-order valence-electron chi connectivity index (χ0n) is 26.4. The number of anilines is 1. The summed E-state index contributed by atoms with van der Waals surface area (Å²) in [6, 6.07) is 15.9. The van der Waals surface area contributed by atoms with Crippen molar-refractivity contribution < 1.29 is 14.3 Å². The zero-order chi connectivity index (χ0) is 31.9. The number of nitrogens with one attached hydrogen (secondary N) is 2. The summed E-state index contributed by atoms with van der Waals surface area (Å²) in [6.07, 6.45) is 6.02. The number of hydrogen-bond donors (Lipinski definition) is 4. The first kappa shape index (κ1) is 34.7. The number of nitrogens with two attached hydrogens (primary N) is 2. The molecule has 1 atom stereocenters. The molecule has 5 rings (SSSR count). The Labute approximate surface area is 275 Å². The summed E-state index contributed by atoms with van der Waals surface area (Å²) in [6.45, 7) is 2.13. The third-order valence-electron chi connectivity index (χ3n) is 8.61. The average Bonchev–Trinajstić information content (AvgIpc) is 3.42. The number of halogens is 1. The summed E-state index contributed by atoms with van der Waals surface area (Å²) < 4.78 is 5.78. The van der Waals surface area contributed by atoms with Gasteiger partial charge in [-0.25, -0.2) is 9.78 Å². The second-order valence-electron chi connectivity index (χ2n) is 12.2. The van der Waals surface area contributed by atoms with Crippen LogP contribution in [0.2, 0.25) is 0 Å². The number of carbonyl (C=O) groups is 2. The Morgan fingerprint density at radius 2 is 1.76 bits per heavy atom. The van der Waals surface area contributed by atoms with Crippen molar-refractivity contribution in [1.29, 1.82) is 0 Å². The van der Waals surface area contributed by atoms with Crippen molar-refractivity contribution in [3.63, 3.8) is 0 Å². The Kier molecular flexibility index (Phi) is 12.0. The molecule has 12 heteroatoms. The van der Waals surface area contributed by atoms with E-state index >= 15 is 0 Å². The van der Waals surface area contributed by atoms with E-state index in [9.17, 15) is 14.4 Å². The zero-order valence-corrected chi connectivity index (χ0v) is 27.2. The molecular formula is C34H44ClN7O4. The highest BCUT2D eigenvalue weighted by atomic mass is 35.5. The average molecular weight is 650 g/mol. The van der Waals surface area contributed by atoms with Crippen LogP contribution in [0.1, 0.15) is 37.7 Å². The van der Waals surface area contributed by atoms with Crippen LogP contribution in [0.25, 0.3) is 22.2 Å². The van der Waals surface area contributed by atoms with Gasteiger partial charge in [-0.05, 0) is 94.1 Å². The van der Waals surface area contributed by atoms with Crippen LogP contribution >= 0.6 is 12.4 Å². The maximum absolute atomic E-state index is 14.2. The van der Waals surface area contributed by atoms with Crippen molar-refractivity contribution in [2.24, 2.45) is 23.3 Å². The summed E-state index contributed by atoms with van der Waals surface area (Å²) in [5.74, 6) is -0.0383. The van der Waals surface area contributed by atoms with E-state index in [2.05, 4.69) is 19.9 Å². The number of nitrogens with zero attached hydrogens (tertiary/aromatic N) is 3. The number of amides is 2. The van der Waals surface area contributed by atoms with E-state index in [0.717, 1.165) is 42.5 Å². The number of pyridine rings is 1. The molecule has 11 nitrogen and oxygen atoms in total. The van der Waals surface area contributed by atoms with Gasteiger partial charge in [-0.2, -0.15) is 0 Å². The molecule has 1 aliphatic rings. The molecule has 2 aromatic carbocycles. The SMILES string of the molecule is CN(C)CCCOc1ccc(-c2cccc(C[C@@H](C(N)=O)N(C(=O)C3CCC(CN)CC3)c3ccc4[nH]c(=O)[nH]c4c3)c2)cn1.Cl. The van der Waals surface area contributed by atoms with Crippen molar-refractivity contribution in [2.45, 2.75) is 44.6 Å². The smallest absolute Gasteiger partial charge is 0.323 e. The summed E-state index contributed by atoms with van der Waals surface area (Å²) in [4.78, 5) is 52.9. The van der Waals surface area contributed by atoms with Gasteiger partial charge in [0.1, 0.15) is 6.04 Å². The fraction of sp³-hybridized carbons (Fsp3) is 0.412. The largest absolute Gasteiger partial charge is 0.478 e. The fourth-order valence-electron chi connectivity index (χ4n) is 6.09. The maximum Gasteiger partial charge on any atom is 0.323 e. The van der Waals surface area contributed by atoms with Gasteiger partial charge in [0.2, 0.25) is 17.7 Å². The van der Waals surface area contributed by atoms with E-state index in [-0.39, 0.29) is 36.3 Å². The molecule has 2 heterocycles. The van der Waals surface area contributed by atoms with Crippen LogP contribution in [0.5, 0.6) is 5.88 Å². The predicted molar refractivity (Wildman–Crippen MR) is 183 cm³/mol. The molecule has 246 valence electrons. The second-order valence-corrected chi connectivity index (χ2v) is 12.2. The summed E-state index contributed by atoms with van der Waals surface area (Å²) in [5.41, 5.74) is 15.9. The van der Waals surface area contributed by atoms with Gasteiger partial charge in [0.25, 0.3) is 0 Å². The molecule has 2 amide bonds. The lowest BCUT2D eigenvalue weighted by Crippen LogP contribution is -2.52. The van der Waals surface area contributed by atoms with Gasteiger partial charge < -0.3 is 31.1 Å². The quantitative estimate of drug-likeness (QED) is 0.160. The van der Waals surface area contributed by atoms with Gasteiger partial charge >= 0.3 is 5.69 Å². The molecule has 6 N–H and O–H groups in total. The van der Waals surface area contributed by atoms with Crippen LogP contribution in [-0.4, -0.2) is 71.5 Å². The van der Waals surface area contributed by atoms with E-state index in [0.29, 0.717) is 54.5 Å². The van der Waals surface area contributed by atoms with Crippen LogP contribution < -0.4 is 26.8 Å². The van der Waals surface area contributed by atoms with E-state index in [4.69, 9.17) is 16.2 Å². The molecule has 1 aliphatic carbocycles. The molecule has 0 aliphatic heterocycles. The van der Waals surface area contributed by atoms with Crippen LogP contribution in [0, 0.1) is 11.8 Å². The number of imidazole rings is 1. The van der Waals surface area contributed by atoms with Gasteiger partial charge in [-0.15, -0.1) is 12.4 Å². The van der Waals surface area contributed by atoms with Gasteiger partial charge in [-0.3, -0.25) is 14.5 Å². The molecule has 0 saturated heterocycles. The molecule has 1 saturated carbocycles. The number of carbonyl (C=O) groups excluding carboxylic acids is 2. The van der Waals surface area contributed by atoms with E-state index in [1.165, 1.54) is 4.90 Å².